The summed E-state index contributed by atoms with van der Waals surface area (Å²) in [5.41, 5.74) is 1.08. The first-order valence-electron chi connectivity index (χ1n) is 8.29. The number of methoxy groups -OCH3 is 2. The van der Waals surface area contributed by atoms with E-state index in [0.717, 1.165) is 0 Å². The van der Waals surface area contributed by atoms with E-state index in [0.29, 0.717) is 28.5 Å². The average molecular weight is 369 g/mol. The first-order valence-corrected chi connectivity index (χ1v) is 8.29. The molecule has 3 aromatic rings. The number of carbonyl (C=O) groups is 1. The second kappa shape index (κ2) is 7.90. The van der Waals surface area contributed by atoms with Crippen LogP contribution in [-0.2, 0) is 7.05 Å². The Morgan fingerprint density at radius 2 is 1.89 bits per heavy atom. The van der Waals surface area contributed by atoms with Crippen molar-refractivity contribution in [2.45, 2.75) is 6.04 Å². The number of amides is 1. The summed E-state index contributed by atoms with van der Waals surface area (Å²) in [4.78, 5) is 17.3. The smallest absolute Gasteiger partial charge is 0.255 e. The van der Waals surface area contributed by atoms with E-state index in [9.17, 15) is 9.18 Å². The maximum absolute atomic E-state index is 13.3. The van der Waals surface area contributed by atoms with Gasteiger partial charge in [-0.2, -0.15) is 0 Å². The van der Waals surface area contributed by atoms with Gasteiger partial charge in [0.15, 0.2) is 0 Å². The number of halogens is 1. The van der Waals surface area contributed by atoms with Crippen molar-refractivity contribution in [3.05, 3.63) is 77.6 Å². The van der Waals surface area contributed by atoms with E-state index >= 15 is 0 Å². The third-order valence-electron chi connectivity index (χ3n) is 4.25. The van der Waals surface area contributed by atoms with Crippen molar-refractivity contribution in [2.75, 3.05) is 14.2 Å². The van der Waals surface area contributed by atoms with Gasteiger partial charge >= 0.3 is 0 Å². The van der Waals surface area contributed by atoms with Gasteiger partial charge in [-0.15, -0.1) is 0 Å². The SMILES string of the molecule is COc1ccc(C(=O)NC(c2ccc(F)cc2)c2nccn2C)c(OC)c1. The predicted octanol–water partition coefficient (Wildman–Crippen LogP) is 3.10. The minimum atomic E-state index is -0.551. The fraction of sp³-hybridized carbons (Fsp3) is 0.200. The van der Waals surface area contributed by atoms with Gasteiger partial charge in [-0.3, -0.25) is 4.79 Å². The van der Waals surface area contributed by atoms with Gasteiger partial charge in [-0.1, -0.05) is 12.1 Å². The highest BCUT2D eigenvalue weighted by Crippen LogP contribution is 2.27. The standard InChI is InChI=1S/C20H20FN3O3/c1-24-11-10-22-19(24)18(13-4-6-14(21)7-5-13)23-20(25)16-9-8-15(26-2)12-17(16)27-3/h4-12,18H,1-3H3,(H,23,25). The number of hydrogen-bond donors (Lipinski definition) is 1. The Morgan fingerprint density at radius 1 is 1.15 bits per heavy atom. The van der Waals surface area contributed by atoms with Crippen LogP contribution in [0, 0.1) is 5.82 Å². The quantitative estimate of drug-likeness (QED) is 0.725. The lowest BCUT2D eigenvalue weighted by Gasteiger charge is -2.20. The van der Waals surface area contributed by atoms with Crippen molar-refractivity contribution >= 4 is 5.91 Å². The molecule has 1 N–H and O–H groups in total. The van der Waals surface area contributed by atoms with Crippen LogP contribution in [0.2, 0.25) is 0 Å². The van der Waals surface area contributed by atoms with E-state index in [-0.39, 0.29) is 11.7 Å². The fourth-order valence-corrected chi connectivity index (χ4v) is 2.80. The Kier molecular flexibility index (Phi) is 5.40. The zero-order valence-corrected chi connectivity index (χ0v) is 15.3. The molecule has 0 fully saturated rings. The second-order valence-electron chi connectivity index (χ2n) is 5.92. The Balaban J connectivity index is 1.96. The molecule has 0 aliphatic rings. The number of carbonyl (C=O) groups excluding carboxylic acids is 1. The Bertz CT molecular complexity index is 938. The van der Waals surface area contributed by atoms with Gasteiger partial charge in [0.2, 0.25) is 0 Å². The van der Waals surface area contributed by atoms with Crippen molar-refractivity contribution in [1.82, 2.24) is 14.9 Å². The van der Waals surface area contributed by atoms with Crippen LogP contribution in [0.15, 0.2) is 54.9 Å². The molecule has 0 spiro atoms. The molecule has 1 heterocycles. The maximum Gasteiger partial charge on any atom is 0.255 e. The average Bonchev–Trinajstić information content (AvgIpc) is 3.11. The summed E-state index contributed by atoms with van der Waals surface area (Å²) in [6.07, 6.45) is 3.43. The molecule has 0 aliphatic heterocycles. The molecule has 0 radical (unpaired) electrons. The molecule has 1 amide bonds. The van der Waals surface area contributed by atoms with E-state index in [1.807, 2.05) is 7.05 Å². The normalized spacial score (nSPS) is 11.7. The largest absolute Gasteiger partial charge is 0.497 e. The topological polar surface area (TPSA) is 65.4 Å². The molecule has 0 saturated carbocycles. The number of aromatic nitrogens is 2. The predicted molar refractivity (Wildman–Crippen MR) is 98.5 cm³/mol. The Morgan fingerprint density at radius 3 is 2.48 bits per heavy atom. The van der Waals surface area contributed by atoms with Crippen LogP contribution in [0.3, 0.4) is 0 Å². The molecule has 6 nitrogen and oxygen atoms in total. The van der Waals surface area contributed by atoms with E-state index < -0.39 is 6.04 Å². The van der Waals surface area contributed by atoms with Crippen LogP contribution in [0.25, 0.3) is 0 Å². The number of imidazole rings is 1. The number of benzene rings is 2. The second-order valence-corrected chi connectivity index (χ2v) is 5.92. The van der Waals surface area contributed by atoms with E-state index in [4.69, 9.17) is 9.47 Å². The van der Waals surface area contributed by atoms with Crippen molar-refractivity contribution in [2.24, 2.45) is 7.05 Å². The molecule has 7 heteroatoms. The molecule has 0 aliphatic carbocycles. The van der Waals surface area contributed by atoms with Crippen molar-refractivity contribution < 1.29 is 18.7 Å². The number of hydrogen-bond acceptors (Lipinski definition) is 4. The van der Waals surface area contributed by atoms with Crippen molar-refractivity contribution in [3.63, 3.8) is 0 Å². The van der Waals surface area contributed by atoms with Crippen LogP contribution >= 0.6 is 0 Å². The van der Waals surface area contributed by atoms with Gasteiger partial charge < -0.3 is 19.4 Å². The van der Waals surface area contributed by atoms with Crippen molar-refractivity contribution in [3.8, 4) is 11.5 Å². The lowest BCUT2D eigenvalue weighted by Crippen LogP contribution is -2.31. The first kappa shape index (κ1) is 18.4. The van der Waals surface area contributed by atoms with Gasteiger partial charge in [0.25, 0.3) is 5.91 Å². The van der Waals surface area contributed by atoms with Crippen LogP contribution in [-0.4, -0.2) is 29.7 Å². The molecule has 27 heavy (non-hydrogen) atoms. The highest BCUT2D eigenvalue weighted by molar-refractivity contribution is 5.97. The van der Waals surface area contributed by atoms with Gasteiger partial charge in [-0.05, 0) is 29.8 Å². The monoisotopic (exact) mass is 369 g/mol. The fourth-order valence-electron chi connectivity index (χ4n) is 2.80. The summed E-state index contributed by atoms with van der Waals surface area (Å²) in [5, 5.41) is 2.96. The number of aryl methyl sites for hydroxylation is 1. The van der Waals surface area contributed by atoms with Crippen LogP contribution in [0.1, 0.15) is 27.8 Å². The number of ether oxygens (including phenoxy) is 2. The summed E-state index contributed by atoms with van der Waals surface area (Å²) < 4.78 is 25.6. The molecule has 1 unspecified atom stereocenters. The zero-order chi connectivity index (χ0) is 19.4. The number of nitrogens with zero attached hydrogens (tertiary/aromatic N) is 2. The van der Waals surface area contributed by atoms with Gasteiger partial charge in [-0.25, -0.2) is 9.37 Å². The minimum absolute atomic E-state index is 0.341. The molecule has 140 valence electrons. The molecule has 1 aromatic heterocycles. The highest BCUT2D eigenvalue weighted by atomic mass is 19.1. The summed E-state index contributed by atoms with van der Waals surface area (Å²) in [6.45, 7) is 0. The van der Waals surface area contributed by atoms with E-state index in [2.05, 4.69) is 10.3 Å². The van der Waals surface area contributed by atoms with Crippen molar-refractivity contribution in [1.29, 1.82) is 0 Å². The zero-order valence-electron chi connectivity index (χ0n) is 15.3. The molecule has 0 saturated heterocycles. The summed E-state index contributed by atoms with van der Waals surface area (Å²) in [7, 11) is 4.86. The maximum atomic E-state index is 13.3. The van der Waals surface area contributed by atoms with Crippen LogP contribution in [0.5, 0.6) is 11.5 Å². The molecule has 3 rings (SSSR count). The number of rotatable bonds is 6. The summed E-state index contributed by atoms with van der Waals surface area (Å²) in [6, 6.07) is 10.4. The lowest BCUT2D eigenvalue weighted by molar-refractivity contribution is 0.0938. The van der Waals surface area contributed by atoms with E-state index in [1.54, 1.807) is 54.4 Å². The highest BCUT2D eigenvalue weighted by Gasteiger charge is 2.23. The minimum Gasteiger partial charge on any atom is -0.497 e. The molecule has 0 bridgehead atoms. The molecule has 1 atom stereocenters. The number of nitrogens with one attached hydrogen (secondary N) is 1. The van der Waals surface area contributed by atoms with Gasteiger partial charge in [0.05, 0.1) is 19.8 Å². The van der Waals surface area contributed by atoms with E-state index in [1.165, 1.54) is 19.2 Å². The van der Waals surface area contributed by atoms with Gasteiger partial charge in [0.1, 0.15) is 29.2 Å². The first-order chi connectivity index (χ1) is 13.0. The third kappa shape index (κ3) is 3.92. The Labute approximate surface area is 156 Å². The molecular weight excluding hydrogens is 349 g/mol. The lowest BCUT2D eigenvalue weighted by atomic mass is 10.0. The molecule has 2 aromatic carbocycles. The Hall–Kier alpha value is -3.35. The van der Waals surface area contributed by atoms with Crippen LogP contribution < -0.4 is 14.8 Å². The summed E-state index contributed by atoms with van der Waals surface area (Å²) >= 11 is 0. The molecular formula is C20H20FN3O3. The summed E-state index contributed by atoms with van der Waals surface area (Å²) in [5.74, 6) is 0.918. The van der Waals surface area contributed by atoms with Crippen LogP contribution in [0.4, 0.5) is 4.39 Å². The van der Waals surface area contributed by atoms with Gasteiger partial charge in [0, 0.05) is 25.5 Å². The third-order valence-corrected chi connectivity index (χ3v) is 4.25.